The molecule has 0 spiro atoms. The largest absolute Gasteiger partial charge is 0.481 e. The van der Waals surface area contributed by atoms with E-state index in [0.717, 1.165) is 21.3 Å². The zero-order valence-electron chi connectivity index (χ0n) is 12.9. The van der Waals surface area contributed by atoms with Crippen LogP contribution in [0.1, 0.15) is 0 Å². The number of methoxy groups -OCH3 is 1. The molecule has 1 aromatic carbocycles. The van der Waals surface area contributed by atoms with Gasteiger partial charge in [-0.05, 0) is 23.8 Å². The fraction of sp³-hybridized carbons (Fsp3) is 0.188. The highest BCUT2D eigenvalue weighted by Crippen LogP contribution is 2.30. The van der Waals surface area contributed by atoms with Gasteiger partial charge in [-0.1, -0.05) is 17.4 Å². The number of amides is 2. The van der Waals surface area contributed by atoms with Crippen LogP contribution in [-0.2, 0) is 0 Å². The van der Waals surface area contributed by atoms with Crippen LogP contribution < -0.4 is 15.4 Å². The first-order valence-corrected chi connectivity index (χ1v) is 8.08. The standard InChI is InChI=1S/C16H16N4O3S/c1-23-14-5-3-11(9-18-14)10-2-4-12-13(8-10)24-16(19-12)20-15(22)17-6-7-21/h2-5,8-9,21H,6-7H2,1H3,(H2,17,19,20,22). The molecule has 0 aliphatic rings. The summed E-state index contributed by atoms with van der Waals surface area (Å²) >= 11 is 1.38. The highest BCUT2D eigenvalue weighted by molar-refractivity contribution is 7.22. The molecule has 0 aliphatic carbocycles. The van der Waals surface area contributed by atoms with Crippen molar-refractivity contribution in [2.45, 2.75) is 0 Å². The van der Waals surface area contributed by atoms with Crippen LogP contribution in [0.3, 0.4) is 0 Å². The number of ether oxygens (including phenoxy) is 1. The molecule has 2 amide bonds. The Kier molecular flexibility index (Phi) is 4.88. The van der Waals surface area contributed by atoms with Crippen molar-refractivity contribution in [3.63, 3.8) is 0 Å². The van der Waals surface area contributed by atoms with E-state index in [1.54, 1.807) is 13.3 Å². The van der Waals surface area contributed by atoms with E-state index in [2.05, 4.69) is 20.6 Å². The van der Waals surface area contributed by atoms with Gasteiger partial charge in [0.1, 0.15) is 0 Å². The lowest BCUT2D eigenvalue weighted by Crippen LogP contribution is -2.30. The first kappa shape index (κ1) is 16.2. The second-order valence-corrected chi connectivity index (χ2v) is 5.93. The van der Waals surface area contributed by atoms with E-state index < -0.39 is 0 Å². The van der Waals surface area contributed by atoms with Crippen molar-refractivity contribution in [1.82, 2.24) is 15.3 Å². The molecule has 2 aromatic heterocycles. The Morgan fingerprint density at radius 3 is 2.83 bits per heavy atom. The van der Waals surface area contributed by atoms with Gasteiger partial charge in [-0.3, -0.25) is 5.32 Å². The Labute approximate surface area is 142 Å². The zero-order chi connectivity index (χ0) is 16.9. The number of urea groups is 1. The molecule has 7 nitrogen and oxygen atoms in total. The van der Waals surface area contributed by atoms with Crippen LogP contribution >= 0.6 is 11.3 Å². The number of nitrogens with one attached hydrogen (secondary N) is 2. The number of thiazole rings is 1. The Hall–Kier alpha value is -2.71. The van der Waals surface area contributed by atoms with E-state index in [4.69, 9.17) is 9.84 Å². The second-order valence-electron chi connectivity index (χ2n) is 4.90. The van der Waals surface area contributed by atoms with E-state index >= 15 is 0 Å². The molecule has 8 heteroatoms. The number of rotatable bonds is 5. The van der Waals surface area contributed by atoms with Crippen LogP contribution in [-0.4, -0.2) is 41.4 Å². The van der Waals surface area contributed by atoms with Gasteiger partial charge >= 0.3 is 6.03 Å². The maximum Gasteiger partial charge on any atom is 0.321 e. The topological polar surface area (TPSA) is 96.4 Å². The number of carbonyl (C=O) groups is 1. The number of hydrogen-bond acceptors (Lipinski definition) is 6. The van der Waals surface area contributed by atoms with Crippen molar-refractivity contribution in [3.8, 4) is 17.0 Å². The highest BCUT2D eigenvalue weighted by atomic mass is 32.1. The minimum absolute atomic E-state index is 0.105. The first-order valence-electron chi connectivity index (χ1n) is 7.26. The lowest BCUT2D eigenvalue weighted by Gasteiger charge is -2.02. The molecule has 0 saturated heterocycles. The lowest BCUT2D eigenvalue weighted by molar-refractivity contribution is 0.245. The van der Waals surface area contributed by atoms with Gasteiger partial charge in [0.2, 0.25) is 5.88 Å². The number of aliphatic hydroxyl groups excluding tert-OH is 1. The van der Waals surface area contributed by atoms with E-state index in [9.17, 15) is 4.79 Å². The zero-order valence-corrected chi connectivity index (χ0v) is 13.8. The third-order valence-electron chi connectivity index (χ3n) is 3.29. The second kappa shape index (κ2) is 7.24. The first-order chi connectivity index (χ1) is 11.7. The summed E-state index contributed by atoms with van der Waals surface area (Å²) in [6.45, 7) is 0.0951. The minimum atomic E-state index is -0.386. The number of anilines is 1. The monoisotopic (exact) mass is 344 g/mol. The van der Waals surface area contributed by atoms with Gasteiger partial charge in [0.15, 0.2) is 5.13 Å². The normalized spacial score (nSPS) is 10.6. The van der Waals surface area contributed by atoms with Gasteiger partial charge < -0.3 is 15.2 Å². The third kappa shape index (κ3) is 3.61. The Bertz CT molecular complexity index is 848. The summed E-state index contributed by atoms with van der Waals surface area (Å²) in [5.74, 6) is 0.568. The smallest absolute Gasteiger partial charge is 0.321 e. The molecule has 3 rings (SSSR count). The molecule has 0 atom stereocenters. The highest BCUT2D eigenvalue weighted by Gasteiger charge is 2.09. The number of aromatic nitrogens is 2. The van der Waals surface area contributed by atoms with Crippen molar-refractivity contribution in [2.24, 2.45) is 0 Å². The molecule has 124 valence electrons. The summed E-state index contributed by atoms with van der Waals surface area (Å²) in [4.78, 5) is 20.2. The van der Waals surface area contributed by atoms with Gasteiger partial charge in [-0.15, -0.1) is 0 Å². The molecule has 0 aliphatic heterocycles. The number of nitrogens with zero attached hydrogens (tertiary/aromatic N) is 2. The number of hydrogen-bond donors (Lipinski definition) is 3. The lowest BCUT2D eigenvalue weighted by atomic mass is 10.1. The number of pyridine rings is 1. The molecule has 0 radical (unpaired) electrons. The summed E-state index contributed by atoms with van der Waals surface area (Å²) in [7, 11) is 1.58. The van der Waals surface area contributed by atoms with Crippen LogP contribution in [0.25, 0.3) is 21.3 Å². The summed E-state index contributed by atoms with van der Waals surface area (Å²) in [5, 5.41) is 14.4. The molecule has 0 unspecified atom stereocenters. The van der Waals surface area contributed by atoms with Gasteiger partial charge in [0, 0.05) is 24.4 Å². The van der Waals surface area contributed by atoms with Gasteiger partial charge in [-0.25, -0.2) is 14.8 Å². The van der Waals surface area contributed by atoms with Crippen molar-refractivity contribution in [1.29, 1.82) is 0 Å². The van der Waals surface area contributed by atoms with Crippen molar-refractivity contribution in [3.05, 3.63) is 36.5 Å². The van der Waals surface area contributed by atoms with Gasteiger partial charge in [-0.2, -0.15) is 0 Å². The molecular weight excluding hydrogens is 328 g/mol. The molecular formula is C16H16N4O3S. The van der Waals surface area contributed by atoms with E-state index in [-0.39, 0.29) is 19.2 Å². The minimum Gasteiger partial charge on any atom is -0.481 e. The van der Waals surface area contributed by atoms with E-state index in [0.29, 0.717) is 11.0 Å². The Morgan fingerprint density at radius 2 is 2.12 bits per heavy atom. The molecule has 0 saturated carbocycles. The van der Waals surface area contributed by atoms with Crippen LogP contribution in [0.5, 0.6) is 5.88 Å². The predicted octanol–water partition coefficient (Wildman–Crippen LogP) is 2.48. The number of aliphatic hydroxyl groups is 1. The van der Waals surface area contributed by atoms with Crippen LogP contribution in [0, 0.1) is 0 Å². The van der Waals surface area contributed by atoms with E-state index in [1.807, 2.05) is 30.3 Å². The van der Waals surface area contributed by atoms with Crippen LogP contribution in [0.15, 0.2) is 36.5 Å². The molecule has 0 bridgehead atoms. The predicted molar refractivity (Wildman–Crippen MR) is 93.5 cm³/mol. The maximum absolute atomic E-state index is 11.6. The molecule has 3 N–H and O–H groups in total. The fourth-order valence-corrected chi connectivity index (χ4v) is 3.04. The van der Waals surface area contributed by atoms with E-state index in [1.165, 1.54) is 11.3 Å². The van der Waals surface area contributed by atoms with Gasteiger partial charge in [0.25, 0.3) is 0 Å². The Morgan fingerprint density at radius 1 is 1.29 bits per heavy atom. The summed E-state index contributed by atoms with van der Waals surface area (Å²) in [5.41, 5.74) is 2.79. The Balaban J connectivity index is 1.81. The van der Waals surface area contributed by atoms with Crippen LogP contribution in [0.2, 0.25) is 0 Å². The van der Waals surface area contributed by atoms with Gasteiger partial charge in [0.05, 0.1) is 23.9 Å². The SMILES string of the molecule is COc1ccc(-c2ccc3nc(NC(=O)NCCO)sc3c2)cn1. The fourth-order valence-electron chi connectivity index (χ4n) is 2.14. The van der Waals surface area contributed by atoms with Crippen molar-refractivity contribution < 1.29 is 14.6 Å². The molecule has 2 heterocycles. The number of fused-ring (bicyclic) bond motifs is 1. The van der Waals surface area contributed by atoms with Crippen molar-refractivity contribution in [2.75, 3.05) is 25.6 Å². The summed E-state index contributed by atoms with van der Waals surface area (Å²) < 4.78 is 6.02. The third-order valence-corrected chi connectivity index (χ3v) is 4.22. The van der Waals surface area contributed by atoms with Crippen LogP contribution in [0.4, 0.5) is 9.93 Å². The number of benzene rings is 1. The molecule has 0 fully saturated rings. The molecule has 24 heavy (non-hydrogen) atoms. The van der Waals surface area contributed by atoms with Crippen molar-refractivity contribution >= 4 is 32.7 Å². The quantitative estimate of drug-likeness (QED) is 0.661. The average molecular weight is 344 g/mol. The average Bonchev–Trinajstić information content (AvgIpc) is 3.01. The number of carbonyl (C=O) groups excluding carboxylic acids is 1. The summed E-state index contributed by atoms with van der Waals surface area (Å²) in [6.07, 6.45) is 1.75. The maximum atomic E-state index is 11.6. The molecule has 3 aromatic rings. The summed E-state index contributed by atoms with van der Waals surface area (Å²) in [6, 6.07) is 9.24.